The molecule has 0 spiro atoms. The van der Waals surface area contributed by atoms with Crippen molar-refractivity contribution in [2.75, 3.05) is 0 Å². The van der Waals surface area contributed by atoms with Gasteiger partial charge in [-0.3, -0.25) is 4.79 Å². The predicted molar refractivity (Wildman–Crippen MR) is 140 cm³/mol. The van der Waals surface area contributed by atoms with Crippen molar-refractivity contribution < 1.29 is 29.6 Å². The maximum atomic E-state index is 13.4. The van der Waals surface area contributed by atoms with Gasteiger partial charge in [-0.25, -0.2) is 0 Å². The van der Waals surface area contributed by atoms with Gasteiger partial charge in [-0.2, -0.15) is 0 Å². The van der Waals surface area contributed by atoms with Crippen LogP contribution in [0.15, 0.2) is 104 Å². The number of hydrogen-bond donors (Lipinski definition) is 1. The molecule has 0 atom stereocenters. The van der Waals surface area contributed by atoms with Crippen molar-refractivity contribution in [2.45, 2.75) is 9.79 Å². The van der Waals surface area contributed by atoms with Crippen LogP contribution in [0.3, 0.4) is 0 Å². The fourth-order valence-corrected chi connectivity index (χ4v) is 4.50. The van der Waals surface area contributed by atoms with Gasteiger partial charge in [0.05, 0.1) is 15.7 Å². The summed E-state index contributed by atoms with van der Waals surface area (Å²) in [5.74, 6) is 0. The Morgan fingerprint density at radius 1 is 0.694 bits per heavy atom. The standard InChI is InChI=1S/C25H16O2S2.F6P/c26-22-17-13-7-8-14-18(17)27-23-19(15-9-3-1-4-10-15)20(16-11-5-2-6-12-16)24(28)25(29)21(22)23;1-7(2,3,4,5)6/h1-14,28-29H;/q;-1/p+1. The van der Waals surface area contributed by atoms with Crippen LogP contribution in [-0.2, 0) is 12.6 Å². The molecule has 0 amide bonds. The average molecular weight is 559 g/mol. The zero-order valence-corrected chi connectivity index (χ0v) is 20.9. The summed E-state index contributed by atoms with van der Waals surface area (Å²) in [4.78, 5) is 14.7. The molecule has 0 aliphatic carbocycles. The van der Waals surface area contributed by atoms with E-state index in [2.05, 4.69) is 12.6 Å². The van der Waals surface area contributed by atoms with Crippen LogP contribution in [0.25, 0.3) is 44.2 Å². The Hall–Kier alpha value is -2.94. The second-order valence-corrected chi connectivity index (χ2v) is 10.7. The van der Waals surface area contributed by atoms with E-state index >= 15 is 0 Å². The van der Waals surface area contributed by atoms with Crippen LogP contribution in [-0.4, -0.2) is 0 Å². The van der Waals surface area contributed by atoms with E-state index in [0.717, 1.165) is 27.1 Å². The molecule has 0 saturated heterocycles. The summed E-state index contributed by atoms with van der Waals surface area (Å²) < 4.78 is 65.5. The third kappa shape index (κ3) is 6.06. The van der Waals surface area contributed by atoms with E-state index in [0.29, 0.717) is 26.8 Å². The zero-order chi connectivity index (χ0) is 26.4. The zero-order valence-electron chi connectivity index (χ0n) is 18.1. The van der Waals surface area contributed by atoms with E-state index in [-0.39, 0.29) is 5.43 Å². The van der Waals surface area contributed by atoms with Gasteiger partial charge in [-0.15, -0.1) is 12.6 Å². The van der Waals surface area contributed by atoms with Crippen LogP contribution < -0.4 is 5.43 Å². The van der Waals surface area contributed by atoms with Crippen LogP contribution in [0.4, 0.5) is 25.2 Å². The maximum absolute atomic E-state index is 13.4. The molecule has 0 radical (unpaired) electrons. The molecule has 0 saturated carbocycles. The normalized spacial score (nSPS) is 13.6. The van der Waals surface area contributed by atoms with Gasteiger partial charge in [0.2, 0.25) is 5.43 Å². The fraction of sp³-hybridized carbons (Fsp3) is 0. The SMILES string of the molecule is F[P-](F)(F)(F)(F)F.O=c1c2ccccc2oc2c(-c3ccccc3)c(-c3ccccc3)c([SH2+])c(S)c12. The molecular weight excluding hydrogens is 541 g/mol. The summed E-state index contributed by atoms with van der Waals surface area (Å²) in [5, 5.41) is 1.03. The van der Waals surface area contributed by atoms with Gasteiger partial charge in [0, 0.05) is 11.1 Å². The molecule has 2 nitrogen and oxygen atoms in total. The molecule has 0 aliphatic heterocycles. The minimum absolute atomic E-state index is 0.0804. The molecule has 0 bridgehead atoms. The first kappa shape index (κ1) is 26.1. The number of thiol groups is 1. The molecule has 1 heterocycles. The average Bonchev–Trinajstić information content (AvgIpc) is 2.80. The number of fused-ring (bicyclic) bond motifs is 2. The van der Waals surface area contributed by atoms with E-state index in [4.69, 9.17) is 17.0 Å². The molecule has 0 fully saturated rings. The van der Waals surface area contributed by atoms with E-state index in [1.807, 2.05) is 78.9 Å². The van der Waals surface area contributed by atoms with Gasteiger partial charge in [0.15, 0.2) is 4.90 Å². The first-order chi connectivity index (χ1) is 16.6. The minimum Gasteiger partial charge on any atom is -0.455 e. The molecule has 0 N–H and O–H groups in total. The molecule has 188 valence electrons. The van der Waals surface area contributed by atoms with Gasteiger partial charge in [-0.05, 0) is 35.9 Å². The van der Waals surface area contributed by atoms with Gasteiger partial charge in [0.1, 0.15) is 11.2 Å². The molecule has 11 heteroatoms. The van der Waals surface area contributed by atoms with E-state index in [9.17, 15) is 30.0 Å². The Morgan fingerprint density at radius 3 is 1.67 bits per heavy atom. The predicted octanol–water partition coefficient (Wildman–Crippen LogP) is 9.32. The Kier molecular flexibility index (Phi) is 6.22. The van der Waals surface area contributed by atoms with Crippen molar-refractivity contribution in [3.8, 4) is 22.3 Å². The van der Waals surface area contributed by atoms with Crippen LogP contribution in [0, 0.1) is 0 Å². The number of halogens is 6. The van der Waals surface area contributed by atoms with Crippen molar-refractivity contribution in [3.63, 3.8) is 0 Å². The summed E-state index contributed by atoms with van der Waals surface area (Å²) in [6.45, 7) is 0. The number of hydrogen-bond acceptors (Lipinski definition) is 3. The monoisotopic (exact) mass is 558 g/mol. The van der Waals surface area contributed by atoms with Crippen LogP contribution in [0.1, 0.15) is 0 Å². The van der Waals surface area contributed by atoms with Gasteiger partial charge < -0.3 is 4.42 Å². The summed E-state index contributed by atoms with van der Waals surface area (Å²) in [6, 6.07) is 27.4. The number of rotatable bonds is 2. The Bertz CT molecular complexity index is 1640. The Balaban J connectivity index is 0.000000384. The molecule has 36 heavy (non-hydrogen) atoms. The first-order valence-electron chi connectivity index (χ1n) is 10.2. The number of para-hydroxylation sites is 1. The van der Waals surface area contributed by atoms with Gasteiger partial charge >= 0.3 is 33.0 Å². The number of benzene rings is 4. The summed E-state index contributed by atoms with van der Waals surface area (Å²) >= 11 is 8.52. The summed E-state index contributed by atoms with van der Waals surface area (Å²) in [7, 11) is -10.7. The van der Waals surface area contributed by atoms with Crippen molar-refractivity contribution in [3.05, 3.63) is 95.2 Å². The first-order valence-corrected chi connectivity index (χ1v) is 13.2. The molecule has 5 rings (SSSR count). The van der Waals surface area contributed by atoms with Crippen LogP contribution >= 0.6 is 20.4 Å². The molecule has 5 aromatic rings. The van der Waals surface area contributed by atoms with Crippen molar-refractivity contribution in [1.82, 2.24) is 0 Å². The molecule has 4 aromatic carbocycles. The molecule has 0 unspecified atom stereocenters. The summed E-state index contributed by atoms with van der Waals surface area (Å²) in [6.07, 6.45) is 0. The molecular formula is C25H17F6O2PS2. The second kappa shape index (κ2) is 8.57. The maximum Gasteiger partial charge on any atom is 0.201 e. The van der Waals surface area contributed by atoms with E-state index < -0.39 is 7.81 Å². The largest absolute Gasteiger partial charge is 0.455 e. The quantitative estimate of drug-likeness (QED) is 0.0770. The third-order valence-electron chi connectivity index (χ3n) is 5.12. The van der Waals surface area contributed by atoms with Crippen molar-refractivity contribution >= 4 is 55.0 Å². The molecule has 0 aliphatic rings. The van der Waals surface area contributed by atoms with Crippen molar-refractivity contribution in [2.24, 2.45) is 0 Å². The fourth-order valence-electron chi connectivity index (χ4n) is 3.79. The Labute approximate surface area is 211 Å². The van der Waals surface area contributed by atoms with E-state index in [1.165, 1.54) is 0 Å². The van der Waals surface area contributed by atoms with Gasteiger partial charge in [0.25, 0.3) is 0 Å². The van der Waals surface area contributed by atoms with E-state index in [1.54, 1.807) is 6.07 Å². The van der Waals surface area contributed by atoms with Gasteiger partial charge in [-0.1, -0.05) is 72.8 Å². The van der Waals surface area contributed by atoms with Crippen LogP contribution in [0.5, 0.6) is 0 Å². The van der Waals surface area contributed by atoms with Crippen molar-refractivity contribution in [1.29, 1.82) is 0 Å². The Morgan fingerprint density at radius 2 is 1.14 bits per heavy atom. The molecule has 1 aromatic heterocycles. The third-order valence-corrected chi connectivity index (χ3v) is 6.28. The summed E-state index contributed by atoms with van der Waals surface area (Å²) in [5.41, 5.74) is 4.85. The minimum atomic E-state index is -10.7. The topological polar surface area (TPSA) is 30.2 Å². The second-order valence-electron chi connectivity index (χ2n) is 7.80. The smallest absolute Gasteiger partial charge is 0.201 e. The van der Waals surface area contributed by atoms with Crippen LogP contribution in [0.2, 0.25) is 0 Å².